The van der Waals surface area contributed by atoms with Crippen LogP contribution in [0.1, 0.15) is 71.1 Å². The van der Waals surface area contributed by atoms with Gasteiger partial charge in [0.25, 0.3) is 0 Å². The van der Waals surface area contributed by atoms with Gasteiger partial charge in [0.2, 0.25) is 5.91 Å². The number of aryl methyl sites for hydroxylation is 1. The minimum atomic E-state index is -0.774. The topological polar surface area (TPSA) is 139 Å². The monoisotopic (exact) mass is 756 g/mol. The molecule has 1 saturated heterocycles. The summed E-state index contributed by atoms with van der Waals surface area (Å²) < 4.78 is 11.9. The first-order chi connectivity index (χ1) is 22.1. The average Bonchev–Trinajstić information content (AvgIpc) is 3.80. The number of hydrogen-bond acceptors (Lipinski definition) is 7. The van der Waals surface area contributed by atoms with Gasteiger partial charge in [-0.3, -0.25) is 4.79 Å². The van der Waals surface area contributed by atoms with Gasteiger partial charge in [-0.05, 0) is 23.6 Å². The summed E-state index contributed by atoms with van der Waals surface area (Å²) in [5.74, 6) is 0.681. The molecule has 1 aromatic heterocycles. The van der Waals surface area contributed by atoms with E-state index in [2.05, 4.69) is 26.7 Å². The van der Waals surface area contributed by atoms with E-state index < -0.39 is 44.9 Å². The Kier molecular flexibility index (Phi) is 9.87. The fourth-order valence-electron chi connectivity index (χ4n) is 5.07. The minimum absolute atomic E-state index is 0.0317. The molecule has 13 heteroatoms. The van der Waals surface area contributed by atoms with Crippen LogP contribution in [0.4, 0.5) is 21.1 Å². The number of aromatic nitrogens is 1. The Morgan fingerprint density at radius 3 is 2.36 bits per heavy atom. The molecule has 1 unspecified atom stereocenters. The predicted molar refractivity (Wildman–Crippen MR) is 176 cm³/mol. The molecule has 5 rings (SSSR count). The molecule has 0 bridgehead atoms. The van der Waals surface area contributed by atoms with Crippen LogP contribution in [0.2, 0.25) is 0 Å². The molecule has 3 aliphatic rings. The number of hydrogen-bond donors (Lipinski definition) is 2. The molecule has 3 aliphatic heterocycles. The molecular weight excluding hydrogens is 715 g/mol. The summed E-state index contributed by atoms with van der Waals surface area (Å²) >= 11 is -0.486. The Labute approximate surface area is 285 Å². The molecule has 0 radical (unpaired) electrons. The van der Waals surface area contributed by atoms with Crippen molar-refractivity contribution in [1.82, 2.24) is 17.9 Å². The molecule has 250 valence electrons. The summed E-state index contributed by atoms with van der Waals surface area (Å²) in [4.78, 5) is 60.3. The Hall–Kier alpha value is -4.11. The fourth-order valence-corrected chi connectivity index (χ4v) is 7.36. The van der Waals surface area contributed by atoms with Crippen LogP contribution >= 0.6 is 0 Å². The Morgan fingerprint density at radius 1 is 1.04 bits per heavy atom. The number of aliphatic imine (C=N–C) groups is 1. The maximum atomic E-state index is 12.9. The fraction of sp³-hybridized carbons (Fsp3) is 0.412. The number of anilines is 1. The van der Waals surface area contributed by atoms with Crippen molar-refractivity contribution in [2.45, 2.75) is 72.0 Å². The molecular formula is C34H41IN6O6. The van der Waals surface area contributed by atoms with Gasteiger partial charge in [0.1, 0.15) is 5.82 Å². The van der Waals surface area contributed by atoms with E-state index in [-0.39, 0.29) is 17.8 Å². The Balaban J connectivity index is 1.25. The van der Waals surface area contributed by atoms with Crippen LogP contribution in [-0.4, -0.2) is 68.7 Å². The first kappa shape index (κ1) is 34.2. The number of alkyl carbamates (subject to hydrolysis) is 1. The molecule has 0 aliphatic carbocycles. The van der Waals surface area contributed by atoms with E-state index in [4.69, 9.17) is 9.47 Å². The van der Waals surface area contributed by atoms with E-state index in [1.54, 1.807) is 64.8 Å². The van der Waals surface area contributed by atoms with Crippen LogP contribution in [0.3, 0.4) is 0 Å². The summed E-state index contributed by atoms with van der Waals surface area (Å²) in [6, 6.07) is 10.0. The number of amides is 4. The van der Waals surface area contributed by atoms with E-state index in [1.807, 2.05) is 30.3 Å². The quantitative estimate of drug-likeness (QED) is 0.0715. The average molecular weight is 757 g/mol. The molecule has 2 N–H and O–H groups in total. The van der Waals surface area contributed by atoms with Crippen molar-refractivity contribution in [2.75, 3.05) is 23.0 Å². The number of ether oxygens (including phenoxy) is 2. The van der Waals surface area contributed by atoms with E-state index >= 15 is 0 Å². The SMILES string of the molecule is CC(C)(C)OC(=O)/N=C(/NC(=O)OC(C)(C)C)[N+]1(c2ccc(C3=CCN(C(=O)/C=C/c4cnc5c(c4)CCC(=O)N5)CC3)cc2)C[I-]1. The van der Waals surface area contributed by atoms with Gasteiger partial charge in [-0.15, -0.1) is 0 Å². The maximum absolute atomic E-state index is 12.9. The number of halogens is 1. The van der Waals surface area contributed by atoms with Gasteiger partial charge in [0.15, 0.2) is 0 Å². The number of nitrogens with zero attached hydrogens (tertiary/aromatic N) is 4. The summed E-state index contributed by atoms with van der Waals surface area (Å²) in [6.07, 6.45) is 7.37. The van der Waals surface area contributed by atoms with Crippen LogP contribution in [-0.2, 0) is 25.5 Å². The van der Waals surface area contributed by atoms with Gasteiger partial charge in [0.05, 0.1) is 0 Å². The Bertz CT molecular complexity index is 1670. The normalized spacial score (nSPS) is 20.0. The van der Waals surface area contributed by atoms with Crippen LogP contribution in [0.25, 0.3) is 11.6 Å². The molecule has 4 heterocycles. The van der Waals surface area contributed by atoms with Crippen molar-refractivity contribution in [3.8, 4) is 0 Å². The zero-order valence-corrected chi connectivity index (χ0v) is 29.7. The molecule has 12 nitrogen and oxygen atoms in total. The van der Waals surface area contributed by atoms with Crippen molar-refractivity contribution in [3.63, 3.8) is 0 Å². The third kappa shape index (κ3) is 9.04. The van der Waals surface area contributed by atoms with Gasteiger partial charge in [0, 0.05) is 12.6 Å². The molecule has 2 aromatic rings. The summed E-state index contributed by atoms with van der Waals surface area (Å²) in [5.41, 5.74) is 3.44. The van der Waals surface area contributed by atoms with Gasteiger partial charge in [-0.2, -0.15) is 0 Å². The molecule has 4 amide bonds. The second-order valence-electron chi connectivity index (χ2n) is 13.5. The van der Waals surface area contributed by atoms with Crippen molar-refractivity contribution >= 4 is 53.1 Å². The van der Waals surface area contributed by atoms with Crippen molar-refractivity contribution in [1.29, 1.82) is 0 Å². The number of nitrogens with one attached hydrogen (secondary N) is 2. The number of guanidine groups is 1. The van der Waals surface area contributed by atoms with Crippen LogP contribution in [0, 0.1) is 0 Å². The molecule has 0 saturated carbocycles. The second kappa shape index (κ2) is 13.6. The van der Waals surface area contributed by atoms with Crippen molar-refractivity contribution in [2.24, 2.45) is 4.99 Å². The van der Waals surface area contributed by atoms with Crippen LogP contribution in [0.5, 0.6) is 0 Å². The van der Waals surface area contributed by atoms with E-state index in [1.165, 1.54) is 0 Å². The van der Waals surface area contributed by atoms with Gasteiger partial charge < -0.3 is 5.32 Å². The molecule has 1 atom stereocenters. The second-order valence-corrected chi connectivity index (χ2v) is 16.5. The van der Waals surface area contributed by atoms with Crippen molar-refractivity contribution in [3.05, 3.63) is 65.4 Å². The number of carbonyl (C=O) groups is 4. The zero-order valence-electron chi connectivity index (χ0n) is 27.6. The van der Waals surface area contributed by atoms with Crippen molar-refractivity contribution < 1.29 is 50.1 Å². The standard InChI is InChI=1S/C34H41IN6O6/c1-33(2,3)46-31(44)38-30(39-32(45)47-34(4,5)6)41(21-35-41)26-11-8-23(9-12-26)24-15-17-40(18-16-24)28(43)14-7-22-19-25-10-13-27(42)37-29(25)36-20-22/h7-9,11-12,14-15,19-20H,10,13,16-18,21H2,1-6H3,(H,36,37,42)(H,38,39,44,45)/b14-7+. The number of rotatable bonds is 4. The van der Waals surface area contributed by atoms with E-state index in [0.29, 0.717) is 40.9 Å². The molecule has 1 fully saturated rings. The zero-order chi connectivity index (χ0) is 34.0. The van der Waals surface area contributed by atoms with Crippen LogP contribution in [0.15, 0.2) is 53.7 Å². The number of benzene rings is 1. The van der Waals surface area contributed by atoms with E-state index in [9.17, 15) is 19.2 Å². The molecule has 1 aromatic carbocycles. The number of alkyl halides is 1. The van der Waals surface area contributed by atoms with Crippen LogP contribution < -0.4 is 34.8 Å². The number of carbonyl (C=O) groups excluding carboxylic acids is 4. The first-order valence-electron chi connectivity index (χ1n) is 15.5. The third-order valence-corrected chi connectivity index (χ3v) is 10.4. The van der Waals surface area contributed by atoms with Gasteiger partial charge in [-0.1, -0.05) is 0 Å². The van der Waals surface area contributed by atoms with E-state index in [0.717, 1.165) is 32.5 Å². The summed E-state index contributed by atoms with van der Waals surface area (Å²) in [6.45, 7) is 11.7. The molecule has 47 heavy (non-hydrogen) atoms. The number of fused-ring (bicyclic) bond motifs is 1. The third-order valence-electron chi connectivity index (χ3n) is 7.35. The first-order valence-corrected chi connectivity index (χ1v) is 18.0. The number of pyridine rings is 1. The predicted octanol–water partition coefficient (Wildman–Crippen LogP) is 2.39. The number of quaternary nitrogens is 1. The van der Waals surface area contributed by atoms with Gasteiger partial charge in [-0.25, -0.2) is 4.98 Å². The Morgan fingerprint density at radius 2 is 1.74 bits per heavy atom. The summed E-state index contributed by atoms with van der Waals surface area (Å²) in [5, 5.41) is 5.50. The summed E-state index contributed by atoms with van der Waals surface area (Å²) in [7, 11) is 0. The van der Waals surface area contributed by atoms with Gasteiger partial charge >= 0.3 is 223 Å². The molecule has 0 spiro atoms.